The smallest absolute Gasteiger partial charge is 0.224 e. The number of nitrogens with zero attached hydrogens (tertiary/aromatic N) is 2. The van der Waals surface area contributed by atoms with E-state index < -0.39 is 0 Å². The molecule has 6 heteroatoms. The van der Waals surface area contributed by atoms with Crippen LogP contribution in [0.5, 0.6) is 0 Å². The van der Waals surface area contributed by atoms with E-state index in [0.29, 0.717) is 18.4 Å². The normalized spacial score (nSPS) is 23.6. The van der Waals surface area contributed by atoms with Crippen molar-refractivity contribution in [2.24, 2.45) is 5.92 Å². The Morgan fingerprint density at radius 2 is 1.82 bits per heavy atom. The number of ether oxygens (including phenoxy) is 1. The molecule has 3 aliphatic rings. The van der Waals surface area contributed by atoms with Crippen molar-refractivity contribution in [3.8, 4) is 0 Å². The van der Waals surface area contributed by atoms with Crippen LogP contribution in [0, 0.1) is 5.92 Å². The Kier molecular flexibility index (Phi) is 7.85. The van der Waals surface area contributed by atoms with Crippen LogP contribution < -0.4 is 5.32 Å². The van der Waals surface area contributed by atoms with Crippen molar-refractivity contribution in [1.29, 1.82) is 0 Å². The van der Waals surface area contributed by atoms with Gasteiger partial charge in [0.15, 0.2) is 0 Å². The van der Waals surface area contributed by atoms with Crippen LogP contribution in [0.1, 0.15) is 42.4 Å². The third-order valence-corrected chi connectivity index (χ3v) is 7.99. The zero-order chi connectivity index (χ0) is 23.3. The fourth-order valence-corrected chi connectivity index (χ4v) is 6.08. The number of hydrogen-bond acceptors (Lipinski definition) is 4. The van der Waals surface area contributed by atoms with E-state index in [4.69, 9.17) is 16.3 Å². The molecule has 1 N–H and O–H groups in total. The molecule has 0 bridgehead atoms. The lowest BCUT2D eigenvalue weighted by Gasteiger charge is -2.45. The van der Waals surface area contributed by atoms with Gasteiger partial charge >= 0.3 is 0 Å². The fourth-order valence-electron chi connectivity index (χ4n) is 5.95. The lowest BCUT2D eigenvalue weighted by atomic mass is 9.86. The van der Waals surface area contributed by atoms with Crippen molar-refractivity contribution in [2.45, 2.75) is 51.1 Å². The number of fused-ring (bicyclic) bond motifs is 1. The molecular formula is C28H36ClN3O2. The van der Waals surface area contributed by atoms with Crippen LogP contribution in [0.3, 0.4) is 0 Å². The van der Waals surface area contributed by atoms with Gasteiger partial charge in [0.1, 0.15) is 0 Å². The van der Waals surface area contributed by atoms with Gasteiger partial charge in [-0.1, -0.05) is 29.8 Å². The van der Waals surface area contributed by atoms with Gasteiger partial charge in [0.05, 0.1) is 13.2 Å². The van der Waals surface area contributed by atoms with E-state index in [2.05, 4.69) is 45.4 Å². The summed E-state index contributed by atoms with van der Waals surface area (Å²) in [5.41, 5.74) is 5.08. The monoisotopic (exact) mass is 481 g/mol. The molecule has 2 saturated heterocycles. The Morgan fingerprint density at radius 3 is 2.65 bits per heavy atom. The average Bonchev–Trinajstić information content (AvgIpc) is 3.33. The summed E-state index contributed by atoms with van der Waals surface area (Å²) in [4.78, 5) is 18.0. The van der Waals surface area contributed by atoms with Crippen LogP contribution >= 0.6 is 11.6 Å². The van der Waals surface area contributed by atoms with Gasteiger partial charge in [-0.3, -0.25) is 14.6 Å². The molecule has 2 heterocycles. The molecule has 1 aliphatic carbocycles. The molecule has 5 rings (SSSR count). The summed E-state index contributed by atoms with van der Waals surface area (Å²) in [6, 6.07) is 15.1. The van der Waals surface area contributed by atoms with Crippen molar-refractivity contribution in [3.05, 3.63) is 64.2 Å². The molecule has 2 atom stereocenters. The fraction of sp³-hybridized carbons (Fsp3) is 0.536. The maximum Gasteiger partial charge on any atom is 0.224 e. The average molecular weight is 482 g/mol. The third kappa shape index (κ3) is 6.01. The van der Waals surface area contributed by atoms with Crippen molar-refractivity contribution in [1.82, 2.24) is 9.80 Å². The molecule has 0 unspecified atom stereocenters. The van der Waals surface area contributed by atoms with Gasteiger partial charge < -0.3 is 10.1 Å². The Bertz CT molecular complexity index is 974. The molecule has 2 fully saturated rings. The number of benzene rings is 2. The van der Waals surface area contributed by atoms with Crippen LogP contribution in [0.25, 0.3) is 0 Å². The third-order valence-electron chi connectivity index (χ3n) is 7.74. The Morgan fingerprint density at radius 1 is 1.03 bits per heavy atom. The number of nitrogens with one attached hydrogen (secondary N) is 1. The molecule has 0 aromatic heterocycles. The number of anilines is 1. The minimum Gasteiger partial charge on any atom is -0.379 e. The van der Waals surface area contributed by atoms with Crippen molar-refractivity contribution >= 4 is 23.2 Å². The highest BCUT2D eigenvalue weighted by molar-refractivity contribution is 6.30. The number of aryl methyl sites for hydroxylation is 2. The Labute approximate surface area is 208 Å². The quantitative estimate of drug-likeness (QED) is 0.618. The second-order valence-corrected chi connectivity index (χ2v) is 10.5. The first-order chi connectivity index (χ1) is 16.6. The molecule has 2 aromatic carbocycles. The maximum absolute atomic E-state index is 12.9. The molecule has 182 valence electrons. The lowest BCUT2D eigenvalue weighted by molar-refractivity contribution is -0.116. The number of carbonyl (C=O) groups is 1. The second kappa shape index (κ2) is 11.2. The number of carbonyl (C=O) groups excluding carboxylic acids is 1. The molecular weight excluding hydrogens is 446 g/mol. The first kappa shape index (κ1) is 23.8. The van der Waals surface area contributed by atoms with Gasteiger partial charge in [0.25, 0.3) is 0 Å². The summed E-state index contributed by atoms with van der Waals surface area (Å²) >= 11 is 6.07. The molecule has 0 spiro atoms. The number of piperidine rings is 1. The van der Waals surface area contributed by atoms with Crippen LogP contribution in [-0.2, 0) is 28.9 Å². The predicted molar refractivity (Wildman–Crippen MR) is 137 cm³/mol. The highest BCUT2D eigenvalue weighted by atomic mass is 35.5. The minimum atomic E-state index is 0.133. The Balaban J connectivity index is 1.20. The van der Waals surface area contributed by atoms with Crippen LogP contribution in [0.4, 0.5) is 5.69 Å². The first-order valence-corrected chi connectivity index (χ1v) is 13.2. The number of morpholine rings is 1. The highest BCUT2D eigenvalue weighted by Crippen LogP contribution is 2.29. The lowest BCUT2D eigenvalue weighted by Crippen LogP contribution is -2.53. The van der Waals surface area contributed by atoms with Crippen LogP contribution in [0.2, 0.25) is 5.02 Å². The molecule has 0 radical (unpaired) electrons. The van der Waals surface area contributed by atoms with Crippen LogP contribution in [-0.4, -0.2) is 61.1 Å². The topological polar surface area (TPSA) is 44.8 Å². The summed E-state index contributed by atoms with van der Waals surface area (Å²) in [6.45, 7) is 6.68. The summed E-state index contributed by atoms with van der Waals surface area (Å²) in [6.07, 6.45) is 6.15. The van der Waals surface area contributed by atoms with E-state index in [1.807, 2.05) is 12.1 Å². The number of amides is 1. The summed E-state index contributed by atoms with van der Waals surface area (Å²) in [5.74, 6) is 0.610. The maximum atomic E-state index is 12.9. The van der Waals surface area contributed by atoms with Gasteiger partial charge in [0, 0.05) is 49.4 Å². The standard InChI is InChI=1S/C28H36ClN3O2/c29-25-8-4-21(5-9-25)19-31-13-12-27(32-14-16-34-17-15-32)24(20-31)7-11-28(33)30-26-10-6-22-2-1-3-23(22)18-26/h4-6,8-10,18,24,27H,1-3,7,11-17,19-20H2,(H,30,33)/t24-,27+/m0/s1. The van der Waals surface area contributed by atoms with Gasteiger partial charge in [0.2, 0.25) is 5.91 Å². The molecule has 0 saturated carbocycles. The van der Waals surface area contributed by atoms with Crippen molar-refractivity contribution in [2.75, 3.05) is 44.7 Å². The SMILES string of the molecule is O=C(CC[C@H]1CN(Cc2ccc(Cl)cc2)CC[C@H]1N1CCOCC1)Nc1ccc2c(c1)CCC2. The van der Waals surface area contributed by atoms with E-state index in [9.17, 15) is 4.79 Å². The number of likely N-dealkylation sites (tertiary alicyclic amines) is 1. The number of rotatable bonds is 7. The van der Waals surface area contributed by atoms with Gasteiger partial charge in [-0.2, -0.15) is 0 Å². The van der Waals surface area contributed by atoms with Gasteiger partial charge in [-0.05, 0) is 85.5 Å². The summed E-state index contributed by atoms with van der Waals surface area (Å²) in [5, 5.41) is 3.94. The van der Waals surface area contributed by atoms with E-state index >= 15 is 0 Å². The molecule has 1 amide bonds. The minimum absolute atomic E-state index is 0.133. The van der Waals surface area contributed by atoms with Crippen molar-refractivity contribution in [3.63, 3.8) is 0 Å². The molecule has 5 nitrogen and oxygen atoms in total. The highest BCUT2D eigenvalue weighted by Gasteiger charge is 2.34. The Hall–Kier alpha value is -1.92. The molecule has 2 aliphatic heterocycles. The second-order valence-electron chi connectivity index (χ2n) is 10.0. The number of hydrogen-bond donors (Lipinski definition) is 1. The first-order valence-electron chi connectivity index (χ1n) is 12.8. The van der Waals surface area contributed by atoms with E-state index in [0.717, 1.165) is 75.9 Å². The van der Waals surface area contributed by atoms with Gasteiger partial charge in [-0.25, -0.2) is 0 Å². The van der Waals surface area contributed by atoms with Gasteiger partial charge in [-0.15, -0.1) is 0 Å². The van der Waals surface area contributed by atoms with E-state index in [1.54, 1.807) is 0 Å². The zero-order valence-corrected chi connectivity index (χ0v) is 20.7. The van der Waals surface area contributed by atoms with Crippen LogP contribution in [0.15, 0.2) is 42.5 Å². The zero-order valence-electron chi connectivity index (χ0n) is 20.0. The van der Waals surface area contributed by atoms with Crippen molar-refractivity contribution < 1.29 is 9.53 Å². The number of halogens is 1. The summed E-state index contributed by atoms with van der Waals surface area (Å²) in [7, 11) is 0. The molecule has 34 heavy (non-hydrogen) atoms. The largest absolute Gasteiger partial charge is 0.379 e. The van der Waals surface area contributed by atoms with E-state index in [1.165, 1.54) is 29.5 Å². The summed E-state index contributed by atoms with van der Waals surface area (Å²) < 4.78 is 5.60. The molecule has 2 aromatic rings. The predicted octanol–water partition coefficient (Wildman–Crippen LogP) is 4.77. The van der Waals surface area contributed by atoms with E-state index in [-0.39, 0.29) is 5.91 Å².